The zero-order valence-electron chi connectivity index (χ0n) is 19.8. The maximum absolute atomic E-state index is 13.4. The van der Waals surface area contributed by atoms with Crippen molar-refractivity contribution in [1.29, 1.82) is 0 Å². The van der Waals surface area contributed by atoms with E-state index >= 15 is 0 Å². The van der Waals surface area contributed by atoms with Crippen molar-refractivity contribution in [2.45, 2.75) is 64.3 Å². The number of rotatable bonds is 6. The Morgan fingerprint density at radius 1 is 0.939 bits per heavy atom. The van der Waals surface area contributed by atoms with Crippen LogP contribution in [0.4, 0.5) is 5.69 Å². The van der Waals surface area contributed by atoms with Gasteiger partial charge in [0, 0.05) is 24.8 Å². The van der Waals surface area contributed by atoms with Gasteiger partial charge in [0.15, 0.2) is 0 Å². The number of carbonyl (C=O) groups excluding carboxylic acids is 2. The Bertz CT molecular complexity index is 1140. The van der Waals surface area contributed by atoms with Crippen molar-refractivity contribution in [1.82, 2.24) is 9.62 Å². The van der Waals surface area contributed by atoms with E-state index in [9.17, 15) is 18.0 Å². The van der Waals surface area contributed by atoms with Crippen molar-refractivity contribution >= 4 is 27.5 Å². The fourth-order valence-electron chi connectivity index (χ4n) is 4.26. The summed E-state index contributed by atoms with van der Waals surface area (Å²) in [5.41, 5.74) is 4.17. The average molecular weight is 472 g/mol. The first-order valence-corrected chi connectivity index (χ1v) is 12.8. The lowest BCUT2D eigenvalue weighted by Crippen LogP contribution is -2.46. The molecule has 1 aliphatic rings. The summed E-state index contributed by atoms with van der Waals surface area (Å²) in [6.07, 6.45) is 2.93. The molecule has 2 aromatic rings. The quantitative estimate of drug-likeness (QED) is 0.629. The molecule has 2 aromatic carbocycles. The van der Waals surface area contributed by atoms with Gasteiger partial charge in [-0.15, -0.1) is 0 Å². The largest absolute Gasteiger partial charge is 0.348 e. The molecule has 7 nitrogen and oxygen atoms in total. The predicted molar refractivity (Wildman–Crippen MR) is 130 cm³/mol. The average Bonchev–Trinajstić information content (AvgIpc) is 2.77. The zero-order chi connectivity index (χ0) is 24.2. The molecule has 0 bridgehead atoms. The highest BCUT2D eigenvalue weighted by atomic mass is 32.2. The Morgan fingerprint density at radius 3 is 2.36 bits per heavy atom. The Balaban J connectivity index is 1.61. The fourth-order valence-corrected chi connectivity index (χ4v) is 6.29. The molecular formula is C25H33N3O4S. The molecule has 33 heavy (non-hydrogen) atoms. The van der Waals surface area contributed by atoms with Crippen molar-refractivity contribution in [3.8, 4) is 0 Å². The smallest absolute Gasteiger partial charge is 0.313 e. The molecule has 0 radical (unpaired) electrons. The van der Waals surface area contributed by atoms with Gasteiger partial charge in [0.1, 0.15) is 0 Å². The van der Waals surface area contributed by atoms with Crippen molar-refractivity contribution in [3.05, 3.63) is 58.7 Å². The number of hydrogen-bond acceptors (Lipinski definition) is 4. The van der Waals surface area contributed by atoms with Crippen molar-refractivity contribution in [2.24, 2.45) is 0 Å². The maximum Gasteiger partial charge on any atom is 0.313 e. The zero-order valence-corrected chi connectivity index (χ0v) is 20.6. The van der Waals surface area contributed by atoms with Crippen LogP contribution in [0, 0.1) is 27.7 Å². The summed E-state index contributed by atoms with van der Waals surface area (Å²) in [7, 11) is -3.64. The highest BCUT2D eigenvalue weighted by Crippen LogP contribution is 2.29. The molecule has 2 amide bonds. The molecule has 1 atom stereocenters. The maximum atomic E-state index is 13.4. The van der Waals surface area contributed by atoms with Gasteiger partial charge in [0.05, 0.1) is 4.90 Å². The first kappa shape index (κ1) is 24.9. The monoisotopic (exact) mass is 471 g/mol. The number of nitrogens with zero attached hydrogens (tertiary/aromatic N) is 1. The van der Waals surface area contributed by atoms with E-state index in [1.165, 1.54) is 0 Å². The van der Waals surface area contributed by atoms with Crippen molar-refractivity contribution < 1.29 is 18.0 Å². The van der Waals surface area contributed by atoms with E-state index in [0.717, 1.165) is 41.5 Å². The molecule has 1 unspecified atom stereocenters. The summed E-state index contributed by atoms with van der Waals surface area (Å²) in [5.74, 6) is -1.46. The molecular weight excluding hydrogens is 438 g/mol. The van der Waals surface area contributed by atoms with E-state index in [1.807, 2.05) is 45.0 Å². The number of anilines is 1. The molecule has 1 saturated heterocycles. The second kappa shape index (κ2) is 10.5. The summed E-state index contributed by atoms with van der Waals surface area (Å²) in [6.45, 7) is 8.20. The minimum absolute atomic E-state index is 0.216. The van der Waals surface area contributed by atoms with Crippen LogP contribution in [-0.2, 0) is 19.6 Å². The van der Waals surface area contributed by atoms with Crippen molar-refractivity contribution in [2.75, 3.05) is 18.4 Å². The summed E-state index contributed by atoms with van der Waals surface area (Å²) in [4.78, 5) is 24.9. The van der Waals surface area contributed by atoms with Gasteiger partial charge in [0.25, 0.3) is 0 Å². The number of piperidine rings is 1. The molecule has 1 fully saturated rings. The van der Waals surface area contributed by atoms with Crippen LogP contribution in [-0.4, -0.2) is 43.7 Å². The van der Waals surface area contributed by atoms with Crippen LogP contribution in [0.15, 0.2) is 41.3 Å². The molecule has 1 aliphatic heterocycles. The van der Waals surface area contributed by atoms with Gasteiger partial charge in [-0.1, -0.05) is 36.2 Å². The number of sulfonamides is 1. The Morgan fingerprint density at radius 2 is 1.64 bits per heavy atom. The van der Waals surface area contributed by atoms with Gasteiger partial charge < -0.3 is 10.6 Å². The first-order chi connectivity index (χ1) is 15.6. The lowest BCUT2D eigenvalue weighted by molar-refractivity contribution is -0.136. The van der Waals surface area contributed by atoms with Gasteiger partial charge in [-0.25, -0.2) is 8.42 Å². The SMILES string of the molecule is Cc1ccc(NC(=O)C(=O)NCCC2CCCCN2S(=O)(=O)c2cc(C)ccc2C)c(C)c1. The van der Waals surface area contributed by atoms with Crippen LogP contribution >= 0.6 is 0 Å². The standard InChI is InChI=1S/C25H33N3O4S/c1-17-9-11-22(20(4)15-17)27-25(30)24(29)26-13-12-21-7-5-6-14-28(21)33(31,32)23-16-18(2)8-10-19(23)3/h8-11,15-16,21H,5-7,12-14H2,1-4H3,(H,26,29)(H,27,30). The summed E-state index contributed by atoms with van der Waals surface area (Å²) in [5, 5.41) is 5.28. The Kier molecular flexibility index (Phi) is 7.92. The van der Waals surface area contributed by atoms with Gasteiger partial charge in [0.2, 0.25) is 10.0 Å². The number of carbonyl (C=O) groups is 2. The molecule has 3 rings (SSSR count). The highest BCUT2D eigenvalue weighted by molar-refractivity contribution is 7.89. The third-order valence-electron chi connectivity index (χ3n) is 6.10. The Labute approximate surface area is 196 Å². The van der Waals surface area contributed by atoms with Gasteiger partial charge in [-0.2, -0.15) is 4.31 Å². The van der Waals surface area contributed by atoms with Crippen LogP contribution in [0.25, 0.3) is 0 Å². The van der Waals surface area contributed by atoms with Crippen LogP contribution in [0.1, 0.15) is 47.9 Å². The number of aryl methyl sites for hydroxylation is 4. The van der Waals surface area contributed by atoms with E-state index in [-0.39, 0.29) is 12.6 Å². The minimum atomic E-state index is -3.64. The van der Waals surface area contributed by atoms with Gasteiger partial charge in [-0.05, 0) is 75.8 Å². The topological polar surface area (TPSA) is 95.6 Å². The molecule has 2 N–H and O–H groups in total. The first-order valence-electron chi connectivity index (χ1n) is 11.3. The third-order valence-corrected chi connectivity index (χ3v) is 8.20. The second-order valence-corrected chi connectivity index (χ2v) is 10.7. The molecule has 8 heteroatoms. The number of hydrogen-bond donors (Lipinski definition) is 2. The summed E-state index contributed by atoms with van der Waals surface area (Å²) >= 11 is 0. The number of amides is 2. The number of nitrogens with one attached hydrogen (secondary N) is 2. The van der Waals surface area contributed by atoms with E-state index in [2.05, 4.69) is 10.6 Å². The second-order valence-electron chi connectivity index (χ2n) is 8.85. The van der Waals surface area contributed by atoms with E-state index in [0.29, 0.717) is 23.5 Å². The van der Waals surface area contributed by atoms with E-state index in [1.54, 1.807) is 23.4 Å². The van der Waals surface area contributed by atoms with Crippen LogP contribution in [0.3, 0.4) is 0 Å². The molecule has 0 spiro atoms. The third kappa shape index (κ3) is 6.00. The lowest BCUT2D eigenvalue weighted by atomic mass is 10.0. The normalized spacial score (nSPS) is 16.9. The molecule has 0 saturated carbocycles. The summed E-state index contributed by atoms with van der Waals surface area (Å²) < 4.78 is 28.4. The minimum Gasteiger partial charge on any atom is -0.348 e. The molecule has 178 valence electrons. The predicted octanol–water partition coefficient (Wildman–Crippen LogP) is 3.61. The van der Waals surface area contributed by atoms with Gasteiger partial charge >= 0.3 is 11.8 Å². The summed E-state index contributed by atoms with van der Waals surface area (Å²) in [6, 6.07) is 10.8. The highest BCUT2D eigenvalue weighted by Gasteiger charge is 2.34. The number of benzene rings is 2. The van der Waals surface area contributed by atoms with Crippen LogP contribution < -0.4 is 10.6 Å². The molecule has 0 aliphatic carbocycles. The van der Waals surface area contributed by atoms with Crippen LogP contribution in [0.2, 0.25) is 0 Å². The fraction of sp³-hybridized carbons (Fsp3) is 0.440. The molecule has 1 heterocycles. The Hall–Kier alpha value is -2.71. The van der Waals surface area contributed by atoms with E-state index < -0.39 is 21.8 Å². The van der Waals surface area contributed by atoms with E-state index in [4.69, 9.17) is 0 Å². The van der Waals surface area contributed by atoms with Crippen LogP contribution in [0.5, 0.6) is 0 Å². The van der Waals surface area contributed by atoms with Crippen molar-refractivity contribution in [3.63, 3.8) is 0 Å². The lowest BCUT2D eigenvalue weighted by Gasteiger charge is -2.35. The molecule has 0 aromatic heterocycles. The van der Waals surface area contributed by atoms with Gasteiger partial charge in [-0.3, -0.25) is 9.59 Å².